The summed E-state index contributed by atoms with van der Waals surface area (Å²) < 4.78 is 26.9. The molecule has 1 aliphatic carbocycles. The number of sulfonamides is 1. The van der Waals surface area contributed by atoms with Gasteiger partial charge in [0, 0.05) is 6.42 Å². The van der Waals surface area contributed by atoms with E-state index in [0.717, 1.165) is 50.5 Å². The maximum atomic E-state index is 12.4. The van der Waals surface area contributed by atoms with Gasteiger partial charge in [0.25, 0.3) is 10.0 Å². The number of amides is 1. The third-order valence-electron chi connectivity index (χ3n) is 4.89. The van der Waals surface area contributed by atoms with E-state index in [2.05, 4.69) is 11.3 Å². The summed E-state index contributed by atoms with van der Waals surface area (Å²) in [7, 11) is -3.79. The molecule has 1 N–H and O–H groups in total. The Morgan fingerprint density at radius 1 is 1.25 bits per heavy atom. The van der Waals surface area contributed by atoms with Crippen molar-refractivity contribution in [1.82, 2.24) is 4.72 Å². The van der Waals surface area contributed by atoms with E-state index >= 15 is 0 Å². The SMILES string of the molecule is C=CCCCC1(CC(=O)NS(=O)(=O)c2ccc(C)cc2)CCCC1. The zero-order valence-corrected chi connectivity index (χ0v) is 15.2. The third kappa shape index (κ3) is 4.94. The maximum Gasteiger partial charge on any atom is 0.264 e. The van der Waals surface area contributed by atoms with E-state index in [4.69, 9.17) is 0 Å². The molecule has 5 heteroatoms. The summed E-state index contributed by atoms with van der Waals surface area (Å²) in [5, 5.41) is 0. The average molecular weight is 349 g/mol. The van der Waals surface area contributed by atoms with Gasteiger partial charge in [0.15, 0.2) is 0 Å². The standard InChI is InChI=1S/C19H27NO3S/c1-3-4-5-12-19(13-6-7-14-19)15-18(21)20-24(22,23)17-10-8-16(2)9-11-17/h3,8-11H,1,4-7,12-15H2,2H3,(H,20,21). The Hall–Kier alpha value is -1.62. The van der Waals surface area contributed by atoms with Crippen molar-refractivity contribution < 1.29 is 13.2 Å². The number of aryl methyl sites for hydroxylation is 1. The van der Waals surface area contributed by atoms with E-state index in [1.807, 2.05) is 13.0 Å². The molecule has 1 aromatic rings. The summed E-state index contributed by atoms with van der Waals surface area (Å²) >= 11 is 0. The molecule has 1 amide bonds. The van der Waals surface area contributed by atoms with Crippen molar-refractivity contribution in [3.05, 3.63) is 42.5 Å². The van der Waals surface area contributed by atoms with Crippen molar-refractivity contribution in [2.75, 3.05) is 0 Å². The second kappa shape index (κ2) is 7.97. The molecule has 0 heterocycles. The van der Waals surface area contributed by atoms with Gasteiger partial charge in [0.1, 0.15) is 0 Å². The van der Waals surface area contributed by atoms with Crippen molar-refractivity contribution >= 4 is 15.9 Å². The first-order valence-corrected chi connectivity index (χ1v) is 10.1. The Morgan fingerprint density at radius 3 is 2.46 bits per heavy atom. The van der Waals surface area contributed by atoms with Crippen LogP contribution in [0, 0.1) is 12.3 Å². The van der Waals surface area contributed by atoms with Crippen LogP contribution in [0.15, 0.2) is 41.8 Å². The first-order chi connectivity index (χ1) is 11.4. The van der Waals surface area contributed by atoms with Crippen LogP contribution in [0.1, 0.15) is 56.9 Å². The number of carbonyl (C=O) groups excluding carboxylic acids is 1. The molecule has 1 saturated carbocycles. The fraction of sp³-hybridized carbons (Fsp3) is 0.526. The molecule has 0 unspecified atom stereocenters. The summed E-state index contributed by atoms with van der Waals surface area (Å²) in [6, 6.07) is 6.51. The number of allylic oxidation sites excluding steroid dienone is 1. The van der Waals surface area contributed by atoms with Crippen LogP contribution >= 0.6 is 0 Å². The highest BCUT2D eigenvalue weighted by atomic mass is 32.2. The van der Waals surface area contributed by atoms with E-state index in [1.54, 1.807) is 12.1 Å². The summed E-state index contributed by atoms with van der Waals surface area (Å²) in [5.74, 6) is -0.393. The minimum absolute atomic E-state index is 0.0457. The number of carbonyl (C=O) groups is 1. The second-order valence-electron chi connectivity index (χ2n) is 6.91. The van der Waals surface area contributed by atoms with Crippen LogP contribution in [-0.4, -0.2) is 14.3 Å². The Kier molecular flexibility index (Phi) is 6.21. The molecular weight excluding hydrogens is 322 g/mol. The molecular formula is C19H27NO3S. The lowest BCUT2D eigenvalue weighted by atomic mass is 9.78. The first-order valence-electron chi connectivity index (χ1n) is 8.60. The molecule has 4 nitrogen and oxygen atoms in total. The molecule has 2 rings (SSSR count). The molecule has 1 aliphatic rings. The molecule has 0 atom stereocenters. The van der Waals surface area contributed by atoms with Crippen LogP contribution in [0.5, 0.6) is 0 Å². The van der Waals surface area contributed by atoms with E-state index < -0.39 is 15.9 Å². The Bertz CT molecular complexity index is 671. The van der Waals surface area contributed by atoms with Crippen molar-refractivity contribution in [2.24, 2.45) is 5.41 Å². The van der Waals surface area contributed by atoms with Crippen molar-refractivity contribution in [2.45, 2.75) is 63.2 Å². The number of benzene rings is 1. The highest BCUT2D eigenvalue weighted by Crippen LogP contribution is 2.45. The van der Waals surface area contributed by atoms with Gasteiger partial charge < -0.3 is 0 Å². The number of rotatable bonds is 8. The van der Waals surface area contributed by atoms with Crippen LogP contribution < -0.4 is 4.72 Å². The molecule has 132 valence electrons. The molecule has 0 radical (unpaired) electrons. The predicted molar refractivity (Wildman–Crippen MR) is 96.1 cm³/mol. The minimum atomic E-state index is -3.79. The normalized spacial score (nSPS) is 16.7. The predicted octanol–water partition coefficient (Wildman–Crippen LogP) is 4.11. The summed E-state index contributed by atoms with van der Waals surface area (Å²) in [4.78, 5) is 12.5. The molecule has 0 aliphatic heterocycles. The molecule has 0 saturated heterocycles. The Morgan fingerprint density at radius 2 is 1.88 bits per heavy atom. The second-order valence-corrected chi connectivity index (χ2v) is 8.59. The quantitative estimate of drug-likeness (QED) is 0.567. The van der Waals surface area contributed by atoms with E-state index in [9.17, 15) is 13.2 Å². The van der Waals surface area contributed by atoms with Gasteiger partial charge in [-0.1, -0.05) is 36.6 Å². The topological polar surface area (TPSA) is 63.2 Å². The van der Waals surface area contributed by atoms with Gasteiger partial charge in [0.05, 0.1) is 4.90 Å². The number of unbranched alkanes of at least 4 members (excludes halogenated alkanes) is 1. The smallest absolute Gasteiger partial charge is 0.264 e. The van der Waals surface area contributed by atoms with Gasteiger partial charge in [-0.3, -0.25) is 4.79 Å². The summed E-state index contributed by atoms with van der Waals surface area (Å²) in [6.45, 7) is 5.63. The molecule has 0 aromatic heterocycles. The zero-order chi connectivity index (χ0) is 17.6. The number of hydrogen-bond acceptors (Lipinski definition) is 3. The fourth-order valence-electron chi connectivity index (χ4n) is 3.56. The maximum absolute atomic E-state index is 12.4. The summed E-state index contributed by atoms with van der Waals surface area (Å²) in [5.41, 5.74) is 0.933. The monoisotopic (exact) mass is 349 g/mol. The fourth-order valence-corrected chi connectivity index (χ4v) is 4.55. The Balaban J connectivity index is 2.02. The van der Waals surface area contributed by atoms with Crippen LogP contribution in [0.2, 0.25) is 0 Å². The molecule has 1 aromatic carbocycles. The van der Waals surface area contributed by atoms with Crippen molar-refractivity contribution in [3.63, 3.8) is 0 Å². The average Bonchev–Trinajstić information content (AvgIpc) is 2.95. The van der Waals surface area contributed by atoms with Gasteiger partial charge in [0.2, 0.25) is 5.91 Å². The van der Waals surface area contributed by atoms with Crippen LogP contribution in [0.4, 0.5) is 0 Å². The third-order valence-corrected chi connectivity index (χ3v) is 6.28. The van der Waals surface area contributed by atoms with Crippen molar-refractivity contribution in [3.8, 4) is 0 Å². The number of nitrogens with one attached hydrogen (secondary N) is 1. The lowest BCUT2D eigenvalue weighted by Gasteiger charge is -2.28. The minimum Gasteiger partial charge on any atom is -0.274 e. The van der Waals surface area contributed by atoms with E-state index in [-0.39, 0.29) is 16.7 Å². The lowest BCUT2D eigenvalue weighted by molar-refractivity contribution is -0.121. The largest absolute Gasteiger partial charge is 0.274 e. The molecule has 1 fully saturated rings. The van der Waals surface area contributed by atoms with E-state index in [1.165, 1.54) is 12.1 Å². The van der Waals surface area contributed by atoms with Gasteiger partial charge in [-0.2, -0.15) is 0 Å². The van der Waals surface area contributed by atoms with Gasteiger partial charge in [-0.05, 0) is 56.6 Å². The Labute approximate surface area is 145 Å². The molecule has 24 heavy (non-hydrogen) atoms. The van der Waals surface area contributed by atoms with Crippen LogP contribution in [0.3, 0.4) is 0 Å². The summed E-state index contributed by atoms with van der Waals surface area (Å²) in [6.07, 6.45) is 9.31. The van der Waals surface area contributed by atoms with E-state index in [0.29, 0.717) is 0 Å². The van der Waals surface area contributed by atoms with Crippen LogP contribution in [0.25, 0.3) is 0 Å². The van der Waals surface area contributed by atoms with Crippen molar-refractivity contribution in [1.29, 1.82) is 0 Å². The first kappa shape index (κ1) is 18.7. The zero-order valence-electron chi connectivity index (χ0n) is 14.4. The molecule has 0 bridgehead atoms. The highest BCUT2D eigenvalue weighted by molar-refractivity contribution is 7.90. The lowest BCUT2D eigenvalue weighted by Crippen LogP contribution is -2.34. The molecule has 0 spiro atoms. The van der Waals surface area contributed by atoms with Crippen LogP contribution in [-0.2, 0) is 14.8 Å². The highest BCUT2D eigenvalue weighted by Gasteiger charge is 2.36. The van der Waals surface area contributed by atoms with Gasteiger partial charge in [-0.15, -0.1) is 6.58 Å². The van der Waals surface area contributed by atoms with Gasteiger partial charge >= 0.3 is 0 Å². The number of hydrogen-bond donors (Lipinski definition) is 1. The van der Waals surface area contributed by atoms with Gasteiger partial charge in [-0.25, -0.2) is 13.1 Å².